The predicted octanol–water partition coefficient (Wildman–Crippen LogP) is 10.5. The molecule has 0 saturated carbocycles. The summed E-state index contributed by atoms with van der Waals surface area (Å²) in [5.41, 5.74) is 0. The maximum atomic E-state index is 12.6. The van der Waals surface area contributed by atoms with E-state index in [2.05, 4.69) is 49.5 Å². The van der Waals surface area contributed by atoms with Crippen LogP contribution in [0.25, 0.3) is 0 Å². The number of quaternary nitrogens is 1. The largest absolute Gasteiger partial charge is 0.756 e. The number of ether oxygens (including phenoxy) is 2. The van der Waals surface area contributed by atoms with Crippen molar-refractivity contribution in [3.05, 3.63) is 60.8 Å². The number of carbonyl (C=O) groups excluding carboxylic acids is 1. The molecule has 0 aromatic rings. The molecule has 314 valence electrons. The molecule has 0 heterocycles. The van der Waals surface area contributed by atoms with Gasteiger partial charge in [0.05, 0.1) is 40.5 Å². The number of hydrogen-bond acceptors (Lipinski definition) is 8. The van der Waals surface area contributed by atoms with Crippen LogP contribution in [-0.2, 0) is 27.9 Å². The summed E-state index contributed by atoms with van der Waals surface area (Å²) in [5.74, 6) is -0.403. The van der Waals surface area contributed by atoms with Crippen LogP contribution in [-0.4, -0.2) is 81.9 Å². The van der Waals surface area contributed by atoms with Crippen molar-refractivity contribution in [2.45, 2.75) is 161 Å². The molecular formula is C44H80NO8P. The monoisotopic (exact) mass is 782 g/mol. The zero-order valence-electron chi connectivity index (χ0n) is 35.0. The van der Waals surface area contributed by atoms with E-state index in [1.807, 2.05) is 40.2 Å². The summed E-state index contributed by atoms with van der Waals surface area (Å²) < 4.78 is 34.4. The molecule has 10 heteroatoms. The normalized spacial score (nSPS) is 15.0. The molecule has 3 atom stereocenters. The van der Waals surface area contributed by atoms with Gasteiger partial charge >= 0.3 is 5.97 Å². The molecule has 9 nitrogen and oxygen atoms in total. The van der Waals surface area contributed by atoms with E-state index in [-0.39, 0.29) is 32.3 Å². The Morgan fingerprint density at radius 2 is 1.22 bits per heavy atom. The quantitative estimate of drug-likeness (QED) is 0.0164. The number of aliphatic hydroxyl groups excluding tert-OH is 1. The van der Waals surface area contributed by atoms with Gasteiger partial charge in [-0.15, -0.1) is 0 Å². The SMILES string of the molecule is CCCCCCCCCCCCCCCCOCC(COP(=O)([O-])OCC[N+](C)(C)C)OC(=O)CCC/C=C\C/C=C\C/C=C\C/C=C\C=C\C(O)CC. The molecule has 0 saturated heterocycles. The first kappa shape index (κ1) is 52.2. The molecule has 0 bridgehead atoms. The molecule has 0 rings (SSSR count). The lowest BCUT2D eigenvalue weighted by atomic mass is 10.0. The van der Waals surface area contributed by atoms with Crippen molar-refractivity contribution in [1.29, 1.82) is 0 Å². The number of carbonyl (C=O) groups is 1. The van der Waals surface area contributed by atoms with E-state index in [1.165, 1.54) is 77.0 Å². The summed E-state index contributed by atoms with van der Waals surface area (Å²) >= 11 is 0. The molecule has 0 aliphatic carbocycles. The number of phosphoric acid groups is 1. The van der Waals surface area contributed by atoms with Crippen LogP contribution in [0.4, 0.5) is 0 Å². The zero-order chi connectivity index (χ0) is 40.0. The second kappa shape index (κ2) is 36.8. The number of rotatable bonds is 38. The third-order valence-corrected chi connectivity index (χ3v) is 9.71. The van der Waals surface area contributed by atoms with Gasteiger partial charge < -0.3 is 33.0 Å². The van der Waals surface area contributed by atoms with Crippen molar-refractivity contribution in [3.8, 4) is 0 Å². The number of unbranched alkanes of at least 4 members (excludes halogenated alkanes) is 14. The lowest BCUT2D eigenvalue weighted by Gasteiger charge is -2.28. The van der Waals surface area contributed by atoms with Gasteiger partial charge in [0.1, 0.15) is 19.3 Å². The van der Waals surface area contributed by atoms with Crippen molar-refractivity contribution >= 4 is 13.8 Å². The van der Waals surface area contributed by atoms with Crippen molar-refractivity contribution in [2.24, 2.45) is 0 Å². The molecule has 0 aromatic heterocycles. The summed E-state index contributed by atoms with van der Waals surface area (Å²) in [7, 11) is 1.29. The minimum absolute atomic E-state index is 0.00751. The van der Waals surface area contributed by atoms with Gasteiger partial charge in [-0.25, -0.2) is 0 Å². The number of hydrogen-bond donors (Lipinski definition) is 1. The van der Waals surface area contributed by atoms with Crippen LogP contribution < -0.4 is 4.89 Å². The summed E-state index contributed by atoms with van der Waals surface area (Å²) in [4.78, 5) is 25.0. The lowest BCUT2D eigenvalue weighted by Crippen LogP contribution is -2.37. The van der Waals surface area contributed by atoms with Crippen molar-refractivity contribution in [3.63, 3.8) is 0 Å². The number of esters is 1. The molecule has 1 N–H and O–H groups in total. The van der Waals surface area contributed by atoms with Crippen LogP contribution in [0, 0.1) is 0 Å². The number of allylic oxidation sites excluding steroid dienone is 9. The predicted molar refractivity (Wildman–Crippen MR) is 223 cm³/mol. The third-order valence-electron chi connectivity index (χ3n) is 8.74. The van der Waals surface area contributed by atoms with Gasteiger partial charge in [-0.3, -0.25) is 9.36 Å². The Morgan fingerprint density at radius 1 is 0.685 bits per heavy atom. The minimum Gasteiger partial charge on any atom is -0.756 e. The average molecular weight is 782 g/mol. The third kappa shape index (κ3) is 39.8. The Kier molecular flexibility index (Phi) is 35.5. The first-order valence-electron chi connectivity index (χ1n) is 21.1. The molecule has 0 aromatic carbocycles. The van der Waals surface area contributed by atoms with Crippen molar-refractivity contribution in [1.82, 2.24) is 0 Å². The van der Waals surface area contributed by atoms with Gasteiger partial charge in [0.25, 0.3) is 7.82 Å². The Hall–Kier alpha value is -1.84. The van der Waals surface area contributed by atoms with E-state index < -0.39 is 19.9 Å². The maximum Gasteiger partial charge on any atom is 0.306 e. The Labute approximate surface area is 331 Å². The Morgan fingerprint density at radius 3 is 1.78 bits per heavy atom. The van der Waals surface area contributed by atoms with E-state index >= 15 is 0 Å². The smallest absolute Gasteiger partial charge is 0.306 e. The second-order valence-corrected chi connectivity index (χ2v) is 16.6. The fourth-order valence-electron chi connectivity index (χ4n) is 5.30. The topological polar surface area (TPSA) is 114 Å². The first-order chi connectivity index (χ1) is 26.0. The summed E-state index contributed by atoms with van der Waals surface area (Å²) in [5, 5.41) is 9.48. The van der Waals surface area contributed by atoms with E-state index in [1.54, 1.807) is 6.08 Å². The van der Waals surface area contributed by atoms with Crippen molar-refractivity contribution in [2.75, 3.05) is 54.1 Å². The molecule has 0 amide bonds. The van der Waals surface area contributed by atoms with Crippen LogP contribution >= 0.6 is 7.82 Å². The maximum absolute atomic E-state index is 12.6. The highest BCUT2D eigenvalue weighted by Crippen LogP contribution is 2.38. The summed E-state index contributed by atoms with van der Waals surface area (Å²) in [6, 6.07) is 0. The number of phosphoric ester groups is 1. The van der Waals surface area contributed by atoms with Crippen molar-refractivity contribution < 1.29 is 42.4 Å². The molecular weight excluding hydrogens is 701 g/mol. The summed E-state index contributed by atoms with van der Waals surface area (Å²) in [6.45, 7) is 4.98. The fraction of sp³-hybridized carbons (Fsp3) is 0.750. The number of aliphatic hydroxyl groups is 1. The zero-order valence-corrected chi connectivity index (χ0v) is 35.9. The van der Waals surface area contributed by atoms with Crippen LogP contribution in [0.3, 0.4) is 0 Å². The average Bonchev–Trinajstić information content (AvgIpc) is 3.12. The van der Waals surface area contributed by atoms with Gasteiger partial charge in [0.15, 0.2) is 0 Å². The molecule has 3 unspecified atom stereocenters. The van der Waals surface area contributed by atoms with Gasteiger partial charge in [-0.2, -0.15) is 0 Å². The van der Waals surface area contributed by atoms with Crippen LogP contribution in [0.2, 0.25) is 0 Å². The van der Waals surface area contributed by atoms with Gasteiger partial charge in [-0.05, 0) is 44.9 Å². The van der Waals surface area contributed by atoms with Gasteiger partial charge in [0.2, 0.25) is 0 Å². The second-order valence-electron chi connectivity index (χ2n) is 15.2. The van der Waals surface area contributed by atoms with E-state index in [0.29, 0.717) is 24.1 Å². The van der Waals surface area contributed by atoms with Crippen LogP contribution in [0.15, 0.2) is 60.8 Å². The van der Waals surface area contributed by atoms with E-state index in [4.69, 9.17) is 18.5 Å². The highest BCUT2D eigenvalue weighted by molar-refractivity contribution is 7.45. The molecule has 0 fully saturated rings. The highest BCUT2D eigenvalue weighted by Gasteiger charge is 2.20. The number of nitrogens with zero attached hydrogens (tertiary/aromatic N) is 1. The molecule has 0 radical (unpaired) electrons. The highest BCUT2D eigenvalue weighted by atomic mass is 31.2. The van der Waals surface area contributed by atoms with E-state index in [9.17, 15) is 19.4 Å². The molecule has 54 heavy (non-hydrogen) atoms. The van der Waals surface area contributed by atoms with Gasteiger partial charge in [-0.1, -0.05) is 158 Å². The minimum atomic E-state index is -4.55. The van der Waals surface area contributed by atoms with E-state index in [0.717, 1.165) is 44.9 Å². The molecule has 0 aliphatic rings. The Bertz CT molecular complexity index is 1070. The first-order valence-corrected chi connectivity index (χ1v) is 22.6. The summed E-state index contributed by atoms with van der Waals surface area (Å²) in [6.07, 6.45) is 41.9. The Balaban J connectivity index is 4.39. The number of likely N-dealkylation sites (N-methyl/N-ethyl adjacent to an activating group) is 1. The van der Waals surface area contributed by atoms with Crippen LogP contribution in [0.5, 0.6) is 0 Å². The standard InChI is InChI=1S/C44H80NO8P/c1-6-8-9-10-11-12-13-14-19-22-25-28-31-34-38-50-40-43(41-52-54(48,49)51-39-37-45(3,4)5)53-44(47)36-33-30-27-24-21-18-16-15-17-20-23-26-29-32-35-42(46)7-2/h16-18,20,24,26-27,29,32,35,42-43,46H,6-15,19,21-23,25,28,30-31,33-34,36-41H2,1-5H3/b18-16-,20-17-,27-24-,29-26-,35-32+. The lowest BCUT2D eigenvalue weighted by molar-refractivity contribution is -0.870. The molecule has 0 spiro atoms. The molecule has 0 aliphatic heterocycles. The van der Waals surface area contributed by atoms with Crippen LogP contribution in [0.1, 0.15) is 149 Å². The fourth-order valence-corrected chi connectivity index (χ4v) is 6.03. The van der Waals surface area contributed by atoms with Gasteiger partial charge in [0, 0.05) is 13.0 Å².